The molecule has 1 aliphatic rings. The standard InChI is InChI=1S/C12H25B2O3/c1-9(2)11(5,6)17-14(9)13-16-12(7,8)10(3,4)15/h15H,1-8H3. The molecule has 0 aliphatic carbocycles. The predicted molar refractivity (Wildman–Crippen MR) is 72.2 cm³/mol. The molecule has 17 heavy (non-hydrogen) atoms. The summed E-state index contributed by atoms with van der Waals surface area (Å²) >= 11 is 0. The lowest BCUT2D eigenvalue weighted by molar-refractivity contribution is -0.0909. The number of aliphatic hydroxyl groups is 1. The van der Waals surface area contributed by atoms with Crippen LogP contribution in [0.1, 0.15) is 55.4 Å². The van der Waals surface area contributed by atoms with Crippen LogP contribution in [-0.2, 0) is 9.31 Å². The lowest BCUT2D eigenvalue weighted by Gasteiger charge is -2.57. The third-order valence-corrected chi connectivity index (χ3v) is 4.64. The highest BCUT2D eigenvalue weighted by atomic mass is 16.5. The molecule has 97 valence electrons. The second-order valence-electron chi connectivity index (χ2n) is 7.09. The van der Waals surface area contributed by atoms with Crippen molar-refractivity contribution in [1.82, 2.24) is 0 Å². The van der Waals surface area contributed by atoms with Gasteiger partial charge in [-0.3, -0.25) is 0 Å². The van der Waals surface area contributed by atoms with E-state index in [4.69, 9.17) is 9.31 Å². The van der Waals surface area contributed by atoms with Crippen molar-refractivity contribution >= 4 is 14.2 Å². The monoisotopic (exact) mass is 239 g/mol. The van der Waals surface area contributed by atoms with Gasteiger partial charge in [-0.25, -0.2) is 0 Å². The minimum Gasteiger partial charge on any atom is -0.439 e. The fraction of sp³-hybridized carbons (Fsp3) is 1.00. The molecule has 0 bridgehead atoms. The van der Waals surface area contributed by atoms with E-state index in [9.17, 15) is 5.11 Å². The molecule has 0 aromatic rings. The molecule has 1 aliphatic heterocycles. The molecule has 0 atom stereocenters. The molecule has 1 saturated heterocycles. The van der Waals surface area contributed by atoms with Crippen molar-refractivity contribution < 1.29 is 14.4 Å². The summed E-state index contributed by atoms with van der Waals surface area (Å²) < 4.78 is 11.5. The molecule has 0 spiro atoms. The van der Waals surface area contributed by atoms with Gasteiger partial charge in [0.15, 0.2) is 0 Å². The predicted octanol–water partition coefficient (Wildman–Crippen LogP) is 2.25. The molecule has 1 N–H and O–H groups in total. The van der Waals surface area contributed by atoms with Crippen LogP contribution >= 0.6 is 0 Å². The van der Waals surface area contributed by atoms with E-state index in [1.54, 1.807) is 21.2 Å². The molecule has 1 heterocycles. The summed E-state index contributed by atoms with van der Waals surface area (Å²) in [6, 6.07) is 0. The first-order valence-electron chi connectivity index (χ1n) is 6.23. The molecule has 0 aromatic heterocycles. The first kappa shape index (κ1) is 15.1. The number of rotatable bonds is 4. The minimum absolute atomic E-state index is 0.0286. The normalized spacial score (nSPS) is 23.2. The summed E-state index contributed by atoms with van der Waals surface area (Å²) in [5, 5.41) is 10.0. The van der Waals surface area contributed by atoms with Crippen molar-refractivity contribution in [3.8, 4) is 0 Å². The number of hydrogen-bond donors (Lipinski definition) is 1. The lowest BCUT2D eigenvalue weighted by Crippen LogP contribution is -2.65. The van der Waals surface area contributed by atoms with Gasteiger partial charge in [0.25, 0.3) is 14.2 Å². The van der Waals surface area contributed by atoms with Crippen molar-refractivity contribution in [2.24, 2.45) is 0 Å². The third-order valence-electron chi connectivity index (χ3n) is 4.64. The molecule has 1 rings (SSSR count). The van der Waals surface area contributed by atoms with Gasteiger partial charge in [0.2, 0.25) is 0 Å². The molecule has 3 nitrogen and oxygen atoms in total. The quantitative estimate of drug-likeness (QED) is 0.764. The van der Waals surface area contributed by atoms with E-state index >= 15 is 0 Å². The Morgan fingerprint density at radius 2 is 1.59 bits per heavy atom. The van der Waals surface area contributed by atoms with Crippen molar-refractivity contribution in [1.29, 1.82) is 0 Å². The maximum atomic E-state index is 10.00. The van der Waals surface area contributed by atoms with Gasteiger partial charge in [0.1, 0.15) is 0 Å². The van der Waals surface area contributed by atoms with Crippen LogP contribution in [0.3, 0.4) is 0 Å². The van der Waals surface area contributed by atoms with Gasteiger partial charge in [0, 0.05) is 5.60 Å². The summed E-state index contributed by atoms with van der Waals surface area (Å²) in [7, 11) is 1.73. The van der Waals surface area contributed by atoms with E-state index in [0.29, 0.717) is 0 Å². The summed E-state index contributed by atoms with van der Waals surface area (Å²) in [6.07, 6.45) is 0. The first-order chi connectivity index (χ1) is 7.31. The zero-order chi connectivity index (χ0) is 13.7. The van der Waals surface area contributed by atoms with E-state index in [2.05, 4.69) is 27.7 Å². The Morgan fingerprint density at radius 1 is 1.12 bits per heavy atom. The van der Waals surface area contributed by atoms with E-state index in [0.717, 1.165) is 0 Å². The van der Waals surface area contributed by atoms with Crippen LogP contribution in [0.5, 0.6) is 0 Å². The van der Waals surface area contributed by atoms with Crippen molar-refractivity contribution in [2.45, 2.75) is 77.5 Å². The van der Waals surface area contributed by atoms with Crippen LogP contribution < -0.4 is 0 Å². The van der Waals surface area contributed by atoms with E-state index < -0.39 is 11.2 Å². The van der Waals surface area contributed by atoms with E-state index in [1.165, 1.54) is 0 Å². The molecule has 5 heteroatoms. The second-order valence-corrected chi connectivity index (χ2v) is 7.09. The van der Waals surface area contributed by atoms with Crippen molar-refractivity contribution in [3.05, 3.63) is 0 Å². The van der Waals surface area contributed by atoms with Gasteiger partial charge in [0.05, 0.1) is 11.2 Å². The maximum absolute atomic E-state index is 10.00. The van der Waals surface area contributed by atoms with Gasteiger partial charge in [-0.15, -0.1) is 0 Å². The maximum Gasteiger partial charge on any atom is 0.295 e. The highest BCUT2D eigenvalue weighted by Gasteiger charge is 2.59. The Balaban J connectivity index is 2.55. The first-order valence-corrected chi connectivity index (χ1v) is 6.23. The molecule has 0 unspecified atom stereocenters. The smallest absolute Gasteiger partial charge is 0.295 e. The fourth-order valence-electron chi connectivity index (χ4n) is 1.48. The van der Waals surface area contributed by atoms with Crippen LogP contribution in [0.15, 0.2) is 0 Å². The average molecular weight is 239 g/mol. The average Bonchev–Trinajstić information content (AvgIpc) is 2.10. The summed E-state index contributed by atoms with van der Waals surface area (Å²) in [6.45, 7) is 15.7. The Kier molecular flexibility index (Phi) is 3.55. The molecule has 0 amide bonds. The largest absolute Gasteiger partial charge is 0.439 e. The Labute approximate surface area is 107 Å². The number of hydrogen-bond acceptors (Lipinski definition) is 3. The Morgan fingerprint density at radius 3 is 1.88 bits per heavy atom. The van der Waals surface area contributed by atoms with Crippen LogP contribution in [0, 0.1) is 0 Å². The fourth-order valence-corrected chi connectivity index (χ4v) is 1.48. The van der Waals surface area contributed by atoms with Gasteiger partial charge in [-0.05, 0) is 46.9 Å². The Hall–Kier alpha value is 0.00987. The van der Waals surface area contributed by atoms with Crippen molar-refractivity contribution in [2.75, 3.05) is 0 Å². The summed E-state index contributed by atoms with van der Waals surface area (Å²) in [5.41, 5.74) is -1.66. The van der Waals surface area contributed by atoms with Crippen LogP contribution in [-0.4, -0.2) is 36.1 Å². The Bertz CT molecular complexity index is 293. The molecule has 0 saturated carbocycles. The van der Waals surface area contributed by atoms with Crippen molar-refractivity contribution in [3.63, 3.8) is 0 Å². The molecular formula is C12H25B2O3. The highest BCUT2D eigenvalue weighted by Crippen LogP contribution is 2.53. The molecule has 1 fully saturated rings. The van der Waals surface area contributed by atoms with E-state index in [1.807, 2.05) is 13.8 Å². The van der Waals surface area contributed by atoms with Gasteiger partial charge < -0.3 is 14.4 Å². The summed E-state index contributed by atoms with van der Waals surface area (Å²) in [5.74, 6) is 0. The topological polar surface area (TPSA) is 38.7 Å². The van der Waals surface area contributed by atoms with Crippen LogP contribution in [0.2, 0.25) is 5.31 Å². The highest BCUT2D eigenvalue weighted by molar-refractivity contribution is 7.09. The van der Waals surface area contributed by atoms with Crippen LogP contribution in [0.25, 0.3) is 0 Å². The third kappa shape index (κ3) is 2.56. The van der Waals surface area contributed by atoms with E-state index in [-0.39, 0.29) is 17.7 Å². The van der Waals surface area contributed by atoms with Gasteiger partial charge in [-0.1, -0.05) is 13.8 Å². The summed E-state index contributed by atoms with van der Waals surface area (Å²) in [4.78, 5) is 0. The SMILES string of the molecule is CC(C)(O)C(C)(C)O[B]B1OC(C)(C)C1(C)C. The zero-order valence-corrected chi connectivity index (χ0v) is 12.4. The molecule has 1 radical (unpaired) electrons. The van der Waals surface area contributed by atoms with Gasteiger partial charge >= 0.3 is 0 Å². The lowest BCUT2D eigenvalue weighted by atomic mass is 9.22. The van der Waals surface area contributed by atoms with Crippen LogP contribution in [0.4, 0.5) is 0 Å². The minimum atomic E-state index is -0.896. The molecular weight excluding hydrogens is 214 g/mol. The molecule has 0 aromatic carbocycles. The second kappa shape index (κ2) is 4.01. The van der Waals surface area contributed by atoms with Gasteiger partial charge in [-0.2, -0.15) is 0 Å². The zero-order valence-electron chi connectivity index (χ0n) is 12.4.